The first-order valence-electron chi connectivity index (χ1n) is 9.68. The van der Waals surface area contributed by atoms with Crippen LogP contribution >= 0.6 is 0 Å². The number of carbonyl (C=O) groups is 1. The van der Waals surface area contributed by atoms with Gasteiger partial charge in [0, 0.05) is 38.3 Å². The van der Waals surface area contributed by atoms with Gasteiger partial charge in [0.25, 0.3) is 5.91 Å². The molecule has 2 saturated heterocycles. The Kier molecular flexibility index (Phi) is 5.62. The van der Waals surface area contributed by atoms with Crippen molar-refractivity contribution in [3.05, 3.63) is 47.8 Å². The fourth-order valence-corrected chi connectivity index (χ4v) is 5.25. The van der Waals surface area contributed by atoms with Crippen molar-refractivity contribution in [2.24, 2.45) is 0 Å². The van der Waals surface area contributed by atoms with Gasteiger partial charge in [-0.1, -0.05) is 12.1 Å². The second-order valence-electron chi connectivity index (χ2n) is 7.28. The Morgan fingerprint density at radius 1 is 1.17 bits per heavy atom. The van der Waals surface area contributed by atoms with Crippen LogP contribution < -0.4 is 4.74 Å². The van der Waals surface area contributed by atoms with Crippen molar-refractivity contribution in [2.75, 3.05) is 46.5 Å². The smallest absolute Gasteiger partial charge is 0.270 e. The number of H-pyrrole nitrogens is 1. The summed E-state index contributed by atoms with van der Waals surface area (Å²) in [5, 5.41) is 0. The summed E-state index contributed by atoms with van der Waals surface area (Å²) >= 11 is 0. The molecule has 1 atom stereocenters. The molecule has 0 aliphatic carbocycles. The zero-order valence-corrected chi connectivity index (χ0v) is 17.2. The number of aromatic nitrogens is 1. The van der Waals surface area contributed by atoms with Gasteiger partial charge in [-0.3, -0.25) is 4.79 Å². The molecule has 156 valence electrons. The maximum atomic E-state index is 12.9. The van der Waals surface area contributed by atoms with E-state index in [0.29, 0.717) is 45.1 Å². The maximum absolute atomic E-state index is 12.9. The normalized spacial score (nSPS) is 20.7. The van der Waals surface area contributed by atoms with Gasteiger partial charge < -0.3 is 19.4 Å². The van der Waals surface area contributed by atoms with E-state index in [1.165, 1.54) is 22.1 Å². The molecule has 4 rings (SSSR count). The van der Waals surface area contributed by atoms with Crippen LogP contribution in [0.25, 0.3) is 0 Å². The molecule has 8 nitrogen and oxygen atoms in total. The third kappa shape index (κ3) is 4.03. The first kappa shape index (κ1) is 19.9. The van der Waals surface area contributed by atoms with Crippen molar-refractivity contribution in [3.63, 3.8) is 0 Å². The predicted octanol–water partition coefficient (Wildman–Crippen LogP) is 1.67. The van der Waals surface area contributed by atoms with Crippen LogP contribution in [-0.2, 0) is 14.8 Å². The number of hydrogen-bond donors (Lipinski definition) is 1. The lowest BCUT2D eigenvalue weighted by Crippen LogP contribution is -2.40. The molecule has 0 spiro atoms. The summed E-state index contributed by atoms with van der Waals surface area (Å²) in [6.07, 6.45) is 2.27. The minimum absolute atomic E-state index is 0.119. The number of carbonyl (C=O) groups excluding carboxylic acids is 1. The zero-order chi connectivity index (χ0) is 20.4. The van der Waals surface area contributed by atoms with E-state index in [4.69, 9.17) is 9.47 Å². The second kappa shape index (κ2) is 8.17. The molecule has 2 aromatic rings. The minimum atomic E-state index is -3.62. The summed E-state index contributed by atoms with van der Waals surface area (Å²) in [6.45, 7) is 2.67. The average Bonchev–Trinajstić information content (AvgIpc) is 3.44. The lowest BCUT2D eigenvalue weighted by Gasteiger charge is -2.25. The minimum Gasteiger partial charge on any atom is -0.497 e. The number of rotatable bonds is 5. The number of aromatic amines is 1. The van der Waals surface area contributed by atoms with Crippen molar-refractivity contribution in [1.82, 2.24) is 14.2 Å². The topological polar surface area (TPSA) is 91.9 Å². The molecular formula is C20H25N3O5S. The molecule has 1 amide bonds. The molecule has 2 aliphatic rings. The average molecular weight is 420 g/mol. The van der Waals surface area contributed by atoms with Gasteiger partial charge >= 0.3 is 0 Å². The van der Waals surface area contributed by atoms with E-state index in [2.05, 4.69) is 4.98 Å². The van der Waals surface area contributed by atoms with Crippen LogP contribution in [0.2, 0.25) is 0 Å². The van der Waals surface area contributed by atoms with Gasteiger partial charge in [0.15, 0.2) is 0 Å². The van der Waals surface area contributed by atoms with Crippen molar-refractivity contribution in [3.8, 4) is 5.75 Å². The summed E-state index contributed by atoms with van der Waals surface area (Å²) < 4.78 is 37.3. The third-order valence-electron chi connectivity index (χ3n) is 5.56. The number of hydrogen-bond acceptors (Lipinski definition) is 5. The molecule has 9 heteroatoms. The number of likely N-dealkylation sites (tertiary alicyclic amines) is 1. The summed E-state index contributed by atoms with van der Waals surface area (Å²) in [4.78, 5) is 17.6. The molecule has 2 fully saturated rings. The Morgan fingerprint density at radius 2 is 1.90 bits per heavy atom. The Bertz CT molecular complexity index is 964. The lowest BCUT2D eigenvalue weighted by molar-refractivity contribution is 0.0730. The molecule has 0 radical (unpaired) electrons. The number of nitrogens with zero attached hydrogens (tertiary/aromatic N) is 2. The molecule has 1 aromatic carbocycles. The molecule has 1 aromatic heterocycles. The van der Waals surface area contributed by atoms with Crippen molar-refractivity contribution in [2.45, 2.75) is 17.2 Å². The van der Waals surface area contributed by atoms with Crippen molar-refractivity contribution >= 4 is 15.9 Å². The maximum Gasteiger partial charge on any atom is 0.270 e. The first-order valence-corrected chi connectivity index (χ1v) is 11.1. The molecule has 0 saturated carbocycles. The van der Waals surface area contributed by atoms with Gasteiger partial charge in [-0.15, -0.1) is 0 Å². The highest BCUT2D eigenvalue weighted by Gasteiger charge is 2.31. The van der Waals surface area contributed by atoms with E-state index in [1.807, 2.05) is 24.3 Å². The lowest BCUT2D eigenvalue weighted by atomic mass is 9.98. The fourth-order valence-electron chi connectivity index (χ4n) is 3.85. The van der Waals surface area contributed by atoms with E-state index in [0.717, 1.165) is 12.2 Å². The number of ether oxygens (including phenoxy) is 2. The van der Waals surface area contributed by atoms with E-state index < -0.39 is 10.0 Å². The molecular weight excluding hydrogens is 394 g/mol. The standard InChI is InChI=1S/C20H25N3O5S/c1-27-17-4-2-15(3-5-17)16-6-7-22(14-16)20(24)19-12-18(13-21-19)29(25,26)23-8-10-28-11-9-23/h2-5,12-13,16,21H,6-11,14H2,1H3. The number of methoxy groups -OCH3 is 1. The van der Waals surface area contributed by atoms with Crippen LogP contribution in [0.15, 0.2) is 41.4 Å². The molecule has 1 N–H and O–H groups in total. The van der Waals surface area contributed by atoms with E-state index in [9.17, 15) is 13.2 Å². The Labute approximate surface area is 170 Å². The van der Waals surface area contributed by atoms with E-state index >= 15 is 0 Å². The molecule has 0 bridgehead atoms. The first-order chi connectivity index (χ1) is 14.0. The third-order valence-corrected chi connectivity index (χ3v) is 7.43. The largest absolute Gasteiger partial charge is 0.497 e. The quantitative estimate of drug-likeness (QED) is 0.796. The van der Waals surface area contributed by atoms with E-state index in [1.54, 1.807) is 12.0 Å². The van der Waals surface area contributed by atoms with Crippen LogP contribution in [0, 0.1) is 0 Å². The SMILES string of the molecule is COc1ccc(C2CCN(C(=O)c3cc(S(=O)(=O)N4CCOCC4)c[nH]3)C2)cc1. The van der Waals surface area contributed by atoms with E-state index in [-0.39, 0.29) is 16.7 Å². The number of sulfonamides is 1. The van der Waals surface area contributed by atoms with Crippen LogP contribution in [0.5, 0.6) is 5.75 Å². The van der Waals surface area contributed by atoms with Gasteiger partial charge in [-0.05, 0) is 30.2 Å². The van der Waals surface area contributed by atoms with Crippen LogP contribution in [-0.4, -0.2) is 75.0 Å². The summed E-state index contributed by atoms with van der Waals surface area (Å²) in [5.41, 5.74) is 1.47. The number of amides is 1. The highest BCUT2D eigenvalue weighted by molar-refractivity contribution is 7.89. The van der Waals surface area contributed by atoms with Gasteiger partial charge in [0.2, 0.25) is 10.0 Å². The van der Waals surface area contributed by atoms with Crippen molar-refractivity contribution in [1.29, 1.82) is 0 Å². The molecule has 29 heavy (non-hydrogen) atoms. The summed E-state index contributed by atoms with van der Waals surface area (Å²) in [6, 6.07) is 9.34. The van der Waals surface area contributed by atoms with Crippen LogP contribution in [0.1, 0.15) is 28.4 Å². The van der Waals surface area contributed by atoms with Crippen LogP contribution in [0.4, 0.5) is 0 Å². The Hall–Kier alpha value is -2.36. The monoisotopic (exact) mass is 419 g/mol. The zero-order valence-electron chi connectivity index (χ0n) is 16.3. The van der Waals surface area contributed by atoms with Crippen molar-refractivity contribution < 1.29 is 22.7 Å². The van der Waals surface area contributed by atoms with Gasteiger partial charge in [-0.25, -0.2) is 8.42 Å². The summed E-state index contributed by atoms with van der Waals surface area (Å²) in [5.74, 6) is 0.890. The Morgan fingerprint density at radius 3 is 2.59 bits per heavy atom. The highest BCUT2D eigenvalue weighted by atomic mass is 32.2. The van der Waals surface area contributed by atoms with Gasteiger partial charge in [0.1, 0.15) is 16.3 Å². The molecule has 2 aliphatic heterocycles. The molecule has 3 heterocycles. The Balaban J connectivity index is 1.44. The number of benzene rings is 1. The second-order valence-corrected chi connectivity index (χ2v) is 9.21. The van der Waals surface area contributed by atoms with Gasteiger partial charge in [0.05, 0.1) is 20.3 Å². The number of nitrogens with one attached hydrogen (secondary N) is 1. The summed E-state index contributed by atoms with van der Waals surface area (Å²) in [7, 11) is -1.99. The molecule has 1 unspecified atom stereocenters. The number of morpholine rings is 1. The highest BCUT2D eigenvalue weighted by Crippen LogP contribution is 2.29. The van der Waals surface area contributed by atoms with Crippen LogP contribution in [0.3, 0.4) is 0 Å². The van der Waals surface area contributed by atoms with Gasteiger partial charge in [-0.2, -0.15) is 4.31 Å². The fraction of sp³-hybridized carbons (Fsp3) is 0.450. The predicted molar refractivity (Wildman–Crippen MR) is 107 cm³/mol.